The molecule has 1 heterocycles. The van der Waals surface area contributed by atoms with E-state index in [2.05, 4.69) is 4.98 Å². The maximum absolute atomic E-state index is 12.2. The van der Waals surface area contributed by atoms with E-state index >= 15 is 0 Å². The second-order valence-corrected chi connectivity index (χ2v) is 5.57. The van der Waals surface area contributed by atoms with Gasteiger partial charge in [0.2, 0.25) is 0 Å². The van der Waals surface area contributed by atoms with E-state index in [1.54, 1.807) is 38.1 Å². The van der Waals surface area contributed by atoms with Crippen LogP contribution in [-0.4, -0.2) is 43.0 Å². The molecule has 0 unspecified atom stereocenters. The van der Waals surface area contributed by atoms with E-state index in [0.29, 0.717) is 29.2 Å². The van der Waals surface area contributed by atoms with Crippen molar-refractivity contribution < 1.29 is 28.6 Å². The highest BCUT2D eigenvalue weighted by Gasteiger charge is 2.23. The molecular formula is C19H21NO6. The number of nitrogens with one attached hydrogen (secondary N) is 1. The highest BCUT2D eigenvalue weighted by atomic mass is 16.5. The number of carbonyl (C=O) groups excluding carboxylic acids is 3. The van der Waals surface area contributed by atoms with Crippen molar-refractivity contribution >= 4 is 17.7 Å². The van der Waals surface area contributed by atoms with E-state index in [1.165, 1.54) is 7.11 Å². The van der Waals surface area contributed by atoms with Crippen molar-refractivity contribution in [1.29, 1.82) is 0 Å². The van der Waals surface area contributed by atoms with Crippen LogP contribution in [0, 0.1) is 13.8 Å². The van der Waals surface area contributed by atoms with Crippen molar-refractivity contribution in [3.63, 3.8) is 0 Å². The van der Waals surface area contributed by atoms with E-state index in [1.807, 2.05) is 6.92 Å². The summed E-state index contributed by atoms with van der Waals surface area (Å²) in [4.78, 5) is 39.0. The zero-order valence-corrected chi connectivity index (χ0v) is 15.2. The molecule has 7 heteroatoms. The number of benzene rings is 1. The molecule has 0 fully saturated rings. The number of aromatic amines is 1. The Bertz CT molecular complexity index is 819. The molecule has 138 valence electrons. The number of carbonyl (C=O) groups is 3. The predicted molar refractivity (Wildman–Crippen MR) is 93.8 cm³/mol. The molecule has 7 nitrogen and oxygen atoms in total. The Kier molecular flexibility index (Phi) is 6.16. The van der Waals surface area contributed by atoms with Gasteiger partial charge in [-0.2, -0.15) is 0 Å². The molecule has 0 spiro atoms. The molecule has 0 radical (unpaired) electrons. The summed E-state index contributed by atoms with van der Waals surface area (Å²) >= 11 is 0. The lowest BCUT2D eigenvalue weighted by atomic mass is 10.1. The summed E-state index contributed by atoms with van der Waals surface area (Å²) in [6, 6.07) is 6.58. The smallest absolute Gasteiger partial charge is 0.355 e. The maximum atomic E-state index is 12.2. The molecule has 26 heavy (non-hydrogen) atoms. The first-order valence-electron chi connectivity index (χ1n) is 8.09. The molecule has 1 aromatic carbocycles. The Morgan fingerprint density at radius 2 is 1.69 bits per heavy atom. The number of hydrogen-bond acceptors (Lipinski definition) is 6. The number of aromatic nitrogens is 1. The van der Waals surface area contributed by atoms with Gasteiger partial charge >= 0.3 is 11.9 Å². The Hall–Kier alpha value is -3.09. The quantitative estimate of drug-likeness (QED) is 0.603. The van der Waals surface area contributed by atoms with Gasteiger partial charge < -0.3 is 19.2 Å². The number of methoxy groups -OCH3 is 1. The molecule has 0 amide bonds. The van der Waals surface area contributed by atoms with Crippen LogP contribution in [0.25, 0.3) is 0 Å². The number of aryl methyl sites for hydroxylation is 1. The fourth-order valence-electron chi connectivity index (χ4n) is 2.55. The van der Waals surface area contributed by atoms with Crippen LogP contribution in [0.15, 0.2) is 24.3 Å². The SMILES string of the molecule is CCOc1ccc(C(=O)COC(=O)c2[nH]c(C)c(C(=O)OC)c2C)cc1. The second-order valence-electron chi connectivity index (χ2n) is 5.57. The summed E-state index contributed by atoms with van der Waals surface area (Å²) in [5.74, 6) is -0.926. The fourth-order valence-corrected chi connectivity index (χ4v) is 2.55. The molecule has 0 bridgehead atoms. The standard InChI is InChI=1S/C19H21NO6/c1-5-25-14-8-6-13(7-9-14)15(21)10-26-19(23)17-11(2)16(12(3)20-17)18(22)24-4/h6-9,20H,5,10H2,1-4H3. The number of rotatable bonds is 7. The van der Waals surface area contributed by atoms with E-state index in [0.717, 1.165) is 0 Å². The topological polar surface area (TPSA) is 94.7 Å². The lowest BCUT2D eigenvalue weighted by molar-refractivity contribution is 0.0468. The average molecular weight is 359 g/mol. The van der Waals surface area contributed by atoms with E-state index in [-0.39, 0.29) is 17.0 Å². The number of ketones is 1. The van der Waals surface area contributed by atoms with E-state index < -0.39 is 18.5 Å². The van der Waals surface area contributed by atoms with Gasteiger partial charge in [0.15, 0.2) is 12.4 Å². The summed E-state index contributed by atoms with van der Waals surface area (Å²) in [5, 5.41) is 0. The van der Waals surface area contributed by atoms with Gasteiger partial charge in [0.25, 0.3) is 0 Å². The third-order valence-electron chi connectivity index (χ3n) is 3.85. The highest BCUT2D eigenvalue weighted by molar-refractivity contribution is 6.01. The molecule has 0 saturated heterocycles. The van der Waals surface area contributed by atoms with Crippen molar-refractivity contribution in [3.8, 4) is 5.75 Å². The van der Waals surface area contributed by atoms with Crippen LogP contribution in [0.3, 0.4) is 0 Å². The first-order valence-corrected chi connectivity index (χ1v) is 8.09. The van der Waals surface area contributed by atoms with Crippen molar-refractivity contribution in [3.05, 3.63) is 52.3 Å². The summed E-state index contributed by atoms with van der Waals surface area (Å²) in [6.45, 7) is 5.27. The molecule has 2 rings (SSSR count). The minimum absolute atomic E-state index is 0.127. The van der Waals surface area contributed by atoms with Gasteiger partial charge in [0, 0.05) is 11.3 Å². The Morgan fingerprint density at radius 3 is 2.27 bits per heavy atom. The average Bonchev–Trinajstić information content (AvgIpc) is 2.94. The van der Waals surface area contributed by atoms with Crippen LogP contribution in [0.4, 0.5) is 0 Å². The van der Waals surface area contributed by atoms with Crippen molar-refractivity contribution in [1.82, 2.24) is 4.98 Å². The number of hydrogen-bond donors (Lipinski definition) is 1. The molecule has 0 aliphatic heterocycles. The van der Waals surface area contributed by atoms with E-state index in [4.69, 9.17) is 14.2 Å². The lowest BCUT2D eigenvalue weighted by Gasteiger charge is -2.06. The zero-order valence-electron chi connectivity index (χ0n) is 15.2. The van der Waals surface area contributed by atoms with E-state index in [9.17, 15) is 14.4 Å². The van der Waals surface area contributed by atoms with Gasteiger partial charge in [0.05, 0.1) is 19.3 Å². The Morgan fingerprint density at radius 1 is 1.04 bits per heavy atom. The third kappa shape index (κ3) is 4.11. The molecule has 1 aromatic heterocycles. The summed E-state index contributed by atoms with van der Waals surface area (Å²) in [5.41, 5.74) is 1.75. The van der Waals surface area contributed by atoms with Gasteiger partial charge in [-0.15, -0.1) is 0 Å². The van der Waals surface area contributed by atoms with Crippen molar-refractivity contribution in [2.45, 2.75) is 20.8 Å². The van der Waals surface area contributed by atoms with Gasteiger partial charge in [-0.05, 0) is 50.6 Å². The number of ether oxygens (including phenoxy) is 3. The van der Waals surface area contributed by atoms with Crippen LogP contribution >= 0.6 is 0 Å². The van der Waals surface area contributed by atoms with Crippen LogP contribution in [0.2, 0.25) is 0 Å². The summed E-state index contributed by atoms with van der Waals surface area (Å²) in [7, 11) is 1.27. The summed E-state index contributed by atoms with van der Waals surface area (Å²) in [6.07, 6.45) is 0. The minimum Gasteiger partial charge on any atom is -0.494 e. The van der Waals surface area contributed by atoms with Gasteiger partial charge in [-0.3, -0.25) is 4.79 Å². The van der Waals surface area contributed by atoms with Gasteiger partial charge in [0.1, 0.15) is 11.4 Å². The first-order chi connectivity index (χ1) is 12.4. The zero-order chi connectivity index (χ0) is 19.3. The molecule has 0 aliphatic rings. The van der Waals surface area contributed by atoms with Gasteiger partial charge in [-0.25, -0.2) is 9.59 Å². The molecule has 2 aromatic rings. The van der Waals surface area contributed by atoms with Crippen LogP contribution in [-0.2, 0) is 9.47 Å². The van der Waals surface area contributed by atoms with Gasteiger partial charge in [-0.1, -0.05) is 0 Å². The highest BCUT2D eigenvalue weighted by Crippen LogP contribution is 2.20. The predicted octanol–water partition coefficient (Wildman–Crippen LogP) is 2.86. The monoisotopic (exact) mass is 359 g/mol. The van der Waals surface area contributed by atoms with Crippen molar-refractivity contribution in [2.75, 3.05) is 20.3 Å². The molecule has 0 aliphatic carbocycles. The van der Waals surface area contributed by atoms with Crippen LogP contribution in [0.5, 0.6) is 5.75 Å². The fraction of sp³-hybridized carbons (Fsp3) is 0.316. The van der Waals surface area contributed by atoms with Crippen molar-refractivity contribution in [2.24, 2.45) is 0 Å². The summed E-state index contributed by atoms with van der Waals surface area (Å²) < 4.78 is 15.1. The third-order valence-corrected chi connectivity index (χ3v) is 3.85. The molecule has 1 N–H and O–H groups in total. The van der Waals surface area contributed by atoms with Crippen LogP contribution < -0.4 is 4.74 Å². The maximum Gasteiger partial charge on any atom is 0.355 e. The number of H-pyrrole nitrogens is 1. The normalized spacial score (nSPS) is 10.3. The van der Waals surface area contributed by atoms with Crippen LogP contribution in [0.1, 0.15) is 49.4 Å². The molecular weight excluding hydrogens is 338 g/mol. The molecule has 0 saturated carbocycles. The largest absolute Gasteiger partial charge is 0.494 e. The molecule has 0 atom stereocenters. The Labute approximate surface area is 151 Å². The first kappa shape index (κ1) is 19.2. The number of Topliss-reactive ketones (excluding diaryl/α,β-unsaturated/α-hetero) is 1. The Balaban J connectivity index is 2.04. The minimum atomic E-state index is -0.708. The number of esters is 2. The lowest BCUT2D eigenvalue weighted by Crippen LogP contribution is -2.15. The second kappa shape index (κ2) is 8.33.